The highest BCUT2D eigenvalue weighted by molar-refractivity contribution is 9.10. The van der Waals surface area contributed by atoms with E-state index in [9.17, 15) is 0 Å². The topological polar surface area (TPSA) is 22.1 Å². The van der Waals surface area contributed by atoms with Crippen LogP contribution in [0, 0.1) is 0 Å². The van der Waals surface area contributed by atoms with E-state index in [1.54, 1.807) is 13.3 Å². The molecule has 76 valence electrons. The van der Waals surface area contributed by atoms with Crippen LogP contribution in [0.5, 0.6) is 5.75 Å². The Hall–Kier alpha value is -1.35. The number of hydrogen-bond donors (Lipinski definition) is 0. The van der Waals surface area contributed by atoms with Crippen molar-refractivity contribution in [1.29, 1.82) is 0 Å². The molecule has 0 unspecified atom stereocenters. The van der Waals surface area contributed by atoms with E-state index in [0.717, 1.165) is 21.5 Å². The second kappa shape index (κ2) is 4.45. The van der Waals surface area contributed by atoms with E-state index < -0.39 is 0 Å². The predicted octanol–water partition coefficient (Wildman–Crippen LogP) is 3.52. The Bertz CT molecular complexity index is 456. The quantitative estimate of drug-likeness (QED) is 0.827. The summed E-state index contributed by atoms with van der Waals surface area (Å²) in [6.45, 7) is 0. The van der Waals surface area contributed by atoms with Gasteiger partial charge in [0.1, 0.15) is 5.75 Å². The molecular weight excluding hydrogens is 254 g/mol. The van der Waals surface area contributed by atoms with Crippen molar-refractivity contribution < 1.29 is 4.74 Å². The predicted molar refractivity (Wildman–Crippen MR) is 63.9 cm³/mol. The van der Waals surface area contributed by atoms with Crippen LogP contribution < -0.4 is 4.74 Å². The van der Waals surface area contributed by atoms with Crippen LogP contribution in [0.1, 0.15) is 0 Å². The molecule has 0 aliphatic heterocycles. The van der Waals surface area contributed by atoms with E-state index in [2.05, 4.69) is 20.9 Å². The number of rotatable bonds is 2. The summed E-state index contributed by atoms with van der Waals surface area (Å²) in [4.78, 5) is 4.30. The van der Waals surface area contributed by atoms with Gasteiger partial charge in [-0.2, -0.15) is 0 Å². The van der Waals surface area contributed by atoms with Crippen molar-refractivity contribution in [3.05, 3.63) is 47.1 Å². The molecule has 0 bridgehead atoms. The van der Waals surface area contributed by atoms with E-state index in [-0.39, 0.29) is 0 Å². The fourth-order valence-corrected chi connectivity index (χ4v) is 2.02. The lowest BCUT2D eigenvalue weighted by atomic mass is 10.1. The molecule has 1 aromatic carbocycles. The number of aromatic nitrogens is 1. The molecule has 0 saturated heterocycles. The van der Waals surface area contributed by atoms with E-state index in [0.29, 0.717) is 0 Å². The molecule has 0 aliphatic rings. The Labute approximate surface area is 97.1 Å². The van der Waals surface area contributed by atoms with Gasteiger partial charge >= 0.3 is 0 Å². The summed E-state index contributed by atoms with van der Waals surface area (Å²) in [5.41, 5.74) is 1.97. The van der Waals surface area contributed by atoms with Crippen molar-refractivity contribution in [1.82, 2.24) is 4.98 Å². The largest absolute Gasteiger partial charge is 0.496 e. The van der Waals surface area contributed by atoms with Crippen LogP contribution in [0.2, 0.25) is 0 Å². The van der Waals surface area contributed by atoms with Crippen LogP contribution in [0.3, 0.4) is 0 Å². The Balaban J connectivity index is 2.54. The minimum atomic E-state index is 0.818. The number of nitrogens with zero attached hydrogens (tertiary/aromatic N) is 1. The van der Waals surface area contributed by atoms with Crippen LogP contribution in [-0.2, 0) is 0 Å². The average molecular weight is 264 g/mol. The van der Waals surface area contributed by atoms with Crippen molar-refractivity contribution in [3.8, 4) is 17.0 Å². The summed E-state index contributed by atoms with van der Waals surface area (Å²) in [6, 6.07) is 11.7. The van der Waals surface area contributed by atoms with Gasteiger partial charge in [0, 0.05) is 11.8 Å². The van der Waals surface area contributed by atoms with E-state index in [4.69, 9.17) is 4.74 Å². The number of ether oxygens (including phenoxy) is 1. The number of halogens is 1. The standard InChI is InChI=1S/C12H10BrNO/c1-15-11-7-4-5-9(12(11)13)10-6-2-3-8-14-10/h2-8H,1H3. The Morgan fingerprint density at radius 2 is 2.00 bits per heavy atom. The van der Waals surface area contributed by atoms with Gasteiger partial charge in [-0.05, 0) is 34.1 Å². The zero-order valence-electron chi connectivity index (χ0n) is 8.27. The third-order valence-corrected chi connectivity index (χ3v) is 2.94. The maximum atomic E-state index is 5.23. The summed E-state index contributed by atoms with van der Waals surface area (Å²) in [5, 5.41) is 0. The molecule has 0 amide bonds. The van der Waals surface area contributed by atoms with Crippen molar-refractivity contribution in [2.75, 3.05) is 7.11 Å². The van der Waals surface area contributed by atoms with E-state index in [1.165, 1.54) is 0 Å². The number of benzene rings is 1. The first-order chi connectivity index (χ1) is 7.33. The molecule has 15 heavy (non-hydrogen) atoms. The van der Waals surface area contributed by atoms with Gasteiger partial charge in [-0.1, -0.05) is 18.2 Å². The minimum absolute atomic E-state index is 0.818. The zero-order valence-corrected chi connectivity index (χ0v) is 9.86. The maximum Gasteiger partial charge on any atom is 0.133 e. The summed E-state index contributed by atoms with van der Waals surface area (Å²) in [7, 11) is 1.66. The molecule has 0 atom stereocenters. The van der Waals surface area contributed by atoms with Gasteiger partial charge in [0.15, 0.2) is 0 Å². The molecule has 0 aliphatic carbocycles. The molecule has 0 spiro atoms. The van der Waals surface area contributed by atoms with Gasteiger partial charge in [0.05, 0.1) is 17.3 Å². The van der Waals surface area contributed by atoms with Gasteiger partial charge in [0.2, 0.25) is 0 Å². The normalized spacial score (nSPS) is 10.0. The van der Waals surface area contributed by atoms with Crippen molar-refractivity contribution in [2.45, 2.75) is 0 Å². The van der Waals surface area contributed by atoms with Crippen LogP contribution in [0.4, 0.5) is 0 Å². The molecule has 2 aromatic rings. The third kappa shape index (κ3) is 2.02. The zero-order chi connectivity index (χ0) is 10.7. The van der Waals surface area contributed by atoms with Gasteiger partial charge in [-0.15, -0.1) is 0 Å². The van der Waals surface area contributed by atoms with E-state index >= 15 is 0 Å². The first-order valence-electron chi connectivity index (χ1n) is 4.57. The summed E-state index contributed by atoms with van der Waals surface area (Å²) in [6.07, 6.45) is 1.78. The highest BCUT2D eigenvalue weighted by Crippen LogP contribution is 2.34. The lowest BCUT2D eigenvalue weighted by Gasteiger charge is -2.07. The second-order valence-electron chi connectivity index (χ2n) is 3.04. The summed E-state index contributed by atoms with van der Waals surface area (Å²) in [5.74, 6) is 0.818. The number of hydrogen-bond acceptors (Lipinski definition) is 2. The molecule has 2 nitrogen and oxygen atoms in total. The minimum Gasteiger partial charge on any atom is -0.496 e. The highest BCUT2D eigenvalue weighted by Gasteiger charge is 2.07. The molecule has 0 radical (unpaired) electrons. The fraction of sp³-hybridized carbons (Fsp3) is 0.0833. The van der Waals surface area contributed by atoms with Crippen molar-refractivity contribution >= 4 is 15.9 Å². The summed E-state index contributed by atoms with van der Waals surface area (Å²) < 4.78 is 6.17. The SMILES string of the molecule is COc1cccc(-c2ccccn2)c1Br. The third-order valence-electron chi connectivity index (χ3n) is 2.12. The van der Waals surface area contributed by atoms with Crippen LogP contribution in [0.25, 0.3) is 11.3 Å². The molecule has 3 heteroatoms. The molecule has 2 rings (SSSR count). The van der Waals surface area contributed by atoms with Crippen molar-refractivity contribution in [3.63, 3.8) is 0 Å². The van der Waals surface area contributed by atoms with Gasteiger partial charge < -0.3 is 4.74 Å². The molecule has 0 N–H and O–H groups in total. The maximum absolute atomic E-state index is 5.23. The Kier molecular flexibility index (Phi) is 3.02. The molecule has 1 heterocycles. The lowest BCUT2D eigenvalue weighted by Crippen LogP contribution is -1.88. The molecule has 0 saturated carbocycles. The van der Waals surface area contributed by atoms with Crippen LogP contribution in [-0.4, -0.2) is 12.1 Å². The van der Waals surface area contributed by atoms with Gasteiger partial charge in [-0.3, -0.25) is 4.98 Å². The van der Waals surface area contributed by atoms with E-state index in [1.807, 2.05) is 36.4 Å². The van der Waals surface area contributed by atoms with Crippen LogP contribution in [0.15, 0.2) is 47.1 Å². The Morgan fingerprint density at radius 1 is 1.13 bits per heavy atom. The first kappa shape index (κ1) is 10.2. The fourth-order valence-electron chi connectivity index (χ4n) is 1.39. The first-order valence-corrected chi connectivity index (χ1v) is 5.36. The Morgan fingerprint density at radius 3 is 2.67 bits per heavy atom. The second-order valence-corrected chi connectivity index (χ2v) is 3.83. The van der Waals surface area contributed by atoms with Gasteiger partial charge in [-0.25, -0.2) is 0 Å². The average Bonchev–Trinajstić information content (AvgIpc) is 2.30. The molecule has 0 fully saturated rings. The highest BCUT2D eigenvalue weighted by atomic mass is 79.9. The smallest absolute Gasteiger partial charge is 0.133 e. The van der Waals surface area contributed by atoms with Crippen LogP contribution >= 0.6 is 15.9 Å². The monoisotopic (exact) mass is 263 g/mol. The van der Waals surface area contributed by atoms with Gasteiger partial charge in [0.25, 0.3) is 0 Å². The summed E-state index contributed by atoms with van der Waals surface area (Å²) >= 11 is 3.51. The number of methoxy groups -OCH3 is 1. The molecule has 1 aromatic heterocycles. The molecular formula is C12H10BrNO. The number of pyridine rings is 1. The van der Waals surface area contributed by atoms with Crippen molar-refractivity contribution in [2.24, 2.45) is 0 Å². The lowest BCUT2D eigenvalue weighted by molar-refractivity contribution is 0.412.